The molecule has 1 heterocycles. The van der Waals surface area contributed by atoms with Crippen molar-refractivity contribution in [1.82, 2.24) is 9.55 Å². The predicted molar refractivity (Wildman–Crippen MR) is 110 cm³/mol. The van der Waals surface area contributed by atoms with Gasteiger partial charge >= 0.3 is 5.97 Å². The van der Waals surface area contributed by atoms with E-state index in [1.165, 1.54) is 28.5 Å². The summed E-state index contributed by atoms with van der Waals surface area (Å²) in [6.07, 6.45) is 0. The largest absolute Gasteiger partial charge is 0.478 e. The number of rotatable bonds is 5. The Kier molecular flexibility index (Phi) is 4.95. The zero-order valence-electron chi connectivity index (χ0n) is 14.8. The second-order valence-corrected chi connectivity index (χ2v) is 7.12. The molecule has 138 valence electrons. The second-order valence-electron chi connectivity index (χ2n) is 6.18. The van der Waals surface area contributed by atoms with Crippen molar-refractivity contribution in [2.75, 3.05) is 0 Å². The quantitative estimate of drug-likeness (QED) is 0.406. The van der Waals surface area contributed by atoms with Crippen molar-refractivity contribution < 1.29 is 9.90 Å². The maximum Gasteiger partial charge on any atom is 0.335 e. The smallest absolute Gasteiger partial charge is 0.335 e. The fourth-order valence-electron chi connectivity index (χ4n) is 2.94. The van der Waals surface area contributed by atoms with Gasteiger partial charge < -0.3 is 5.11 Å². The van der Waals surface area contributed by atoms with Gasteiger partial charge in [0.1, 0.15) is 0 Å². The van der Waals surface area contributed by atoms with Crippen molar-refractivity contribution in [3.63, 3.8) is 0 Å². The van der Waals surface area contributed by atoms with E-state index >= 15 is 0 Å². The lowest BCUT2D eigenvalue weighted by Gasteiger charge is -2.13. The Labute approximate surface area is 165 Å². The molecule has 28 heavy (non-hydrogen) atoms. The molecule has 6 heteroatoms. The Bertz CT molecular complexity index is 1220. The maximum absolute atomic E-state index is 13.2. The molecule has 0 saturated carbocycles. The van der Waals surface area contributed by atoms with E-state index in [1.807, 2.05) is 36.4 Å². The van der Waals surface area contributed by atoms with Crippen LogP contribution in [0.15, 0.2) is 88.8 Å². The summed E-state index contributed by atoms with van der Waals surface area (Å²) in [5.41, 5.74) is 2.12. The van der Waals surface area contributed by atoms with Crippen LogP contribution in [0.5, 0.6) is 0 Å². The molecular weight excluding hydrogens is 372 g/mol. The van der Waals surface area contributed by atoms with Gasteiger partial charge in [-0.05, 0) is 35.9 Å². The van der Waals surface area contributed by atoms with Gasteiger partial charge in [-0.1, -0.05) is 60.3 Å². The van der Waals surface area contributed by atoms with Gasteiger partial charge in [-0.2, -0.15) is 0 Å². The third-order valence-electron chi connectivity index (χ3n) is 4.31. The number of nitrogens with zero attached hydrogens (tertiary/aromatic N) is 2. The second kappa shape index (κ2) is 7.70. The molecule has 0 aliphatic heterocycles. The Morgan fingerprint density at radius 1 is 0.964 bits per heavy atom. The zero-order chi connectivity index (χ0) is 19.5. The van der Waals surface area contributed by atoms with E-state index in [2.05, 4.69) is 4.98 Å². The fraction of sp³-hybridized carbons (Fsp3) is 0.0455. The monoisotopic (exact) mass is 388 g/mol. The Morgan fingerprint density at radius 3 is 2.50 bits per heavy atom. The lowest BCUT2D eigenvalue weighted by atomic mass is 10.2. The van der Waals surface area contributed by atoms with Gasteiger partial charge in [0, 0.05) is 5.75 Å². The highest BCUT2D eigenvalue weighted by molar-refractivity contribution is 7.98. The van der Waals surface area contributed by atoms with E-state index in [4.69, 9.17) is 0 Å². The molecule has 0 atom stereocenters. The SMILES string of the molecule is O=C(O)c1cccc(-n2c(SCc3ccccc3)nc3ccccc3c2=O)c1. The predicted octanol–water partition coefficient (Wildman–Crippen LogP) is 4.38. The number of benzene rings is 3. The fourth-order valence-corrected chi connectivity index (χ4v) is 3.91. The summed E-state index contributed by atoms with van der Waals surface area (Å²) < 4.78 is 1.49. The van der Waals surface area contributed by atoms with Crippen LogP contribution in [-0.2, 0) is 5.75 Å². The summed E-state index contributed by atoms with van der Waals surface area (Å²) in [6, 6.07) is 23.4. The van der Waals surface area contributed by atoms with Gasteiger partial charge in [0.2, 0.25) is 0 Å². The third kappa shape index (κ3) is 3.54. The summed E-state index contributed by atoms with van der Waals surface area (Å²) in [5, 5.41) is 10.3. The molecule has 0 bridgehead atoms. The van der Waals surface area contributed by atoms with Crippen LogP contribution < -0.4 is 5.56 Å². The molecule has 0 aliphatic rings. The van der Waals surface area contributed by atoms with E-state index in [-0.39, 0.29) is 11.1 Å². The number of aromatic nitrogens is 2. The molecule has 5 nitrogen and oxygen atoms in total. The highest BCUT2D eigenvalue weighted by Crippen LogP contribution is 2.25. The molecule has 0 radical (unpaired) electrons. The van der Waals surface area contributed by atoms with Gasteiger partial charge in [-0.25, -0.2) is 9.78 Å². The standard InChI is InChI=1S/C22H16N2O3S/c25-20-18-11-4-5-12-19(18)23-22(28-14-15-7-2-1-3-8-15)24(20)17-10-6-9-16(13-17)21(26)27/h1-13H,14H2,(H,26,27). The molecule has 4 aromatic rings. The number of carbonyl (C=O) groups is 1. The minimum Gasteiger partial charge on any atom is -0.478 e. The van der Waals surface area contributed by atoms with Crippen molar-refractivity contribution in [2.45, 2.75) is 10.9 Å². The zero-order valence-corrected chi connectivity index (χ0v) is 15.6. The molecule has 0 amide bonds. The molecule has 0 aliphatic carbocycles. The first-order valence-electron chi connectivity index (χ1n) is 8.66. The summed E-state index contributed by atoms with van der Waals surface area (Å²) in [4.78, 5) is 29.3. The highest BCUT2D eigenvalue weighted by atomic mass is 32.2. The van der Waals surface area contributed by atoms with Crippen LogP contribution in [-0.4, -0.2) is 20.6 Å². The van der Waals surface area contributed by atoms with Gasteiger partial charge in [0.15, 0.2) is 5.16 Å². The van der Waals surface area contributed by atoms with Crippen LogP contribution >= 0.6 is 11.8 Å². The number of fused-ring (bicyclic) bond motifs is 1. The average molecular weight is 388 g/mol. The minimum atomic E-state index is -1.04. The Balaban J connectivity index is 1.87. The molecule has 4 rings (SSSR count). The van der Waals surface area contributed by atoms with Crippen LogP contribution in [0.2, 0.25) is 0 Å². The summed E-state index contributed by atoms with van der Waals surface area (Å²) in [5.74, 6) is -0.397. The molecule has 3 aromatic carbocycles. The highest BCUT2D eigenvalue weighted by Gasteiger charge is 2.14. The maximum atomic E-state index is 13.2. The molecule has 1 aromatic heterocycles. The molecule has 0 spiro atoms. The number of carboxylic acid groups (broad SMARTS) is 1. The molecule has 1 N–H and O–H groups in total. The molecular formula is C22H16N2O3S. The van der Waals surface area contributed by atoms with E-state index in [0.717, 1.165) is 5.56 Å². The Hall–Kier alpha value is -3.38. The van der Waals surface area contributed by atoms with Crippen molar-refractivity contribution in [2.24, 2.45) is 0 Å². The summed E-state index contributed by atoms with van der Waals surface area (Å²) in [6.45, 7) is 0. The van der Waals surface area contributed by atoms with Gasteiger partial charge in [0.05, 0.1) is 22.2 Å². The number of aromatic carboxylic acids is 1. The number of hydrogen-bond donors (Lipinski definition) is 1. The average Bonchev–Trinajstić information content (AvgIpc) is 2.73. The first-order chi connectivity index (χ1) is 13.6. The number of para-hydroxylation sites is 1. The minimum absolute atomic E-state index is 0.122. The lowest BCUT2D eigenvalue weighted by Crippen LogP contribution is -2.22. The third-order valence-corrected chi connectivity index (χ3v) is 5.32. The number of carboxylic acids is 1. The summed E-state index contributed by atoms with van der Waals surface area (Å²) >= 11 is 1.44. The molecule has 0 unspecified atom stereocenters. The van der Waals surface area contributed by atoms with Crippen LogP contribution in [0.3, 0.4) is 0 Å². The Morgan fingerprint density at radius 2 is 1.71 bits per heavy atom. The van der Waals surface area contributed by atoms with Crippen molar-refractivity contribution in [3.05, 3.63) is 100 Å². The van der Waals surface area contributed by atoms with Crippen LogP contribution in [0.1, 0.15) is 15.9 Å². The topological polar surface area (TPSA) is 72.2 Å². The normalized spacial score (nSPS) is 10.9. The van der Waals surface area contributed by atoms with Crippen molar-refractivity contribution >= 4 is 28.6 Å². The number of hydrogen-bond acceptors (Lipinski definition) is 4. The first kappa shape index (κ1) is 18.0. The van der Waals surface area contributed by atoms with E-state index < -0.39 is 5.97 Å². The van der Waals surface area contributed by atoms with E-state index in [0.29, 0.717) is 27.5 Å². The van der Waals surface area contributed by atoms with E-state index in [1.54, 1.807) is 30.3 Å². The van der Waals surface area contributed by atoms with E-state index in [9.17, 15) is 14.7 Å². The molecule has 0 fully saturated rings. The van der Waals surface area contributed by atoms with Gasteiger partial charge in [0.25, 0.3) is 5.56 Å². The van der Waals surface area contributed by atoms with Crippen LogP contribution in [0.25, 0.3) is 16.6 Å². The van der Waals surface area contributed by atoms with Crippen molar-refractivity contribution in [3.8, 4) is 5.69 Å². The molecule has 0 saturated heterocycles. The lowest BCUT2D eigenvalue weighted by molar-refractivity contribution is 0.0697. The van der Waals surface area contributed by atoms with Crippen molar-refractivity contribution in [1.29, 1.82) is 0 Å². The first-order valence-corrected chi connectivity index (χ1v) is 9.64. The summed E-state index contributed by atoms with van der Waals surface area (Å²) in [7, 11) is 0. The van der Waals surface area contributed by atoms with Crippen LogP contribution in [0.4, 0.5) is 0 Å². The number of thioether (sulfide) groups is 1. The van der Waals surface area contributed by atoms with Gasteiger partial charge in [-0.3, -0.25) is 9.36 Å². The van der Waals surface area contributed by atoms with Gasteiger partial charge in [-0.15, -0.1) is 0 Å². The van der Waals surface area contributed by atoms with Crippen LogP contribution in [0, 0.1) is 0 Å².